The smallest absolute Gasteiger partial charge is 0.252 e. The minimum Gasteiger partial charge on any atom is -0.340 e. The van der Waals surface area contributed by atoms with E-state index < -0.39 is 11.4 Å². The Morgan fingerprint density at radius 3 is 2.74 bits per heavy atom. The fourth-order valence-electron chi connectivity index (χ4n) is 2.05. The zero-order valence-electron chi connectivity index (χ0n) is 10.7. The molecule has 0 aliphatic carbocycles. The highest BCUT2D eigenvalue weighted by Gasteiger charge is 2.42. The van der Waals surface area contributed by atoms with Crippen LogP contribution in [0.1, 0.15) is 20.3 Å². The molecule has 0 radical (unpaired) electrons. The topological polar surface area (TPSA) is 49.4 Å². The summed E-state index contributed by atoms with van der Waals surface area (Å²) in [7, 11) is 0. The molecule has 1 aliphatic heterocycles. The number of piperazine rings is 1. The molecule has 0 aromatic heterocycles. The standard InChI is InChI=1S/C13H14ClFN2O2/c1-3-13(2)12(19)17(7-11(18)16-13)10-5-4-8(15)6-9(10)14/h4-6H,3,7H2,1-2H3,(H,16,18). The lowest BCUT2D eigenvalue weighted by molar-refractivity contribution is -0.135. The second-order valence-electron chi connectivity index (χ2n) is 4.72. The Bertz CT molecular complexity index is 549. The number of amides is 2. The van der Waals surface area contributed by atoms with Crippen molar-refractivity contribution in [1.82, 2.24) is 5.32 Å². The molecule has 0 spiro atoms. The van der Waals surface area contributed by atoms with Crippen LogP contribution in [0.25, 0.3) is 0 Å². The van der Waals surface area contributed by atoms with Crippen molar-refractivity contribution in [2.45, 2.75) is 25.8 Å². The van der Waals surface area contributed by atoms with Crippen LogP contribution in [-0.4, -0.2) is 23.9 Å². The van der Waals surface area contributed by atoms with E-state index in [-0.39, 0.29) is 23.4 Å². The third-order valence-electron chi connectivity index (χ3n) is 3.34. The molecule has 1 saturated heterocycles. The van der Waals surface area contributed by atoms with E-state index in [2.05, 4.69) is 5.32 Å². The first-order valence-corrected chi connectivity index (χ1v) is 6.33. The quantitative estimate of drug-likeness (QED) is 0.904. The van der Waals surface area contributed by atoms with Gasteiger partial charge in [0.2, 0.25) is 5.91 Å². The van der Waals surface area contributed by atoms with Crippen LogP contribution < -0.4 is 10.2 Å². The minimum absolute atomic E-state index is 0.111. The summed E-state index contributed by atoms with van der Waals surface area (Å²) in [6, 6.07) is 3.74. The minimum atomic E-state index is -0.951. The highest BCUT2D eigenvalue weighted by atomic mass is 35.5. The van der Waals surface area contributed by atoms with Crippen LogP contribution in [0.5, 0.6) is 0 Å². The van der Waals surface area contributed by atoms with Gasteiger partial charge in [0.05, 0.1) is 10.7 Å². The summed E-state index contributed by atoms with van der Waals surface area (Å²) in [4.78, 5) is 25.4. The van der Waals surface area contributed by atoms with Crippen molar-refractivity contribution < 1.29 is 14.0 Å². The Hall–Kier alpha value is -1.62. The lowest BCUT2D eigenvalue weighted by atomic mass is 9.94. The highest BCUT2D eigenvalue weighted by Crippen LogP contribution is 2.30. The first-order valence-electron chi connectivity index (χ1n) is 5.95. The largest absolute Gasteiger partial charge is 0.340 e. The number of rotatable bonds is 2. The average Bonchev–Trinajstić information content (AvgIpc) is 2.34. The maximum atomic E-state index is 13.0. The number of carbonyl (C=O) groups is 2. The third kappa shape index (κ3) is 2.42. The molecule has 19 heavy (non-hydrogen) atoms. The molecule has 0 saturated carbocycles. The summed E-state index contributed by atoms with van der Waals surface area (Å²) in [6.45, 7) is 3.37. The number of benzene rings is 1. The van der Waals surface area contributed by atoms with Crippen LogP contribution in [0, 0.1) is 5.82 Å². The molecule has 6 heteroatoms. The second kappa shape index (κ2) is 4.81. The molecule has 1 atom stereocenters. The monoisotopic (exact) mass is 284 g/mol. The molecular formula is C13H14ClFN2O2. The number of hydrogen-bond donors (Lipinski definition) is 1. The van der Waals surface area contributed by atoms with E-state index in [9.17, 15) is 14.0 Å². The molecule has 2 amide bonds. The predicted molar refractivity (Wildman–Crippen MR) is 70.6 cm³/mol. The summed E-state index contributed by atoms with van der Waals surface area (Å²) >= 11 is 5.95. The number of nitrogens with one attached hydrogen (secondary N) is 1. The summed E-state index contributed by atoms with van der Waals surface area (Å²) < 4.78 is 13.0. The van der Waals surface area contributed by atoms with Gasteiger partial charge < -0.3 is 5.32 Å². The van der Waals surface area contributed by atoms with Gasteiger partial charge in [-0.05, 0) is 31.5 Å². The van der Waals surface area contributed by atoms with Crippen molar-refractivity contribution in [2.24, 2.45) is 0 Å². The Morgan fingerprint density at radius 1 is 1.47 bits per heavy atom. The van der Waals surface area contributed by atoms with Crippen molar-refractivity contribution in [1.29, 1.82) is 0 Å². The molecule has 0 bridgehead atoms. The van der Waals surface area contributed by atoms with E-state index in [1.807, 2.05) is 6.92 Å². The number of carbonyl (C=O) groups excluding carboxylic acids is 2. The number of nitrogens with zero attached hydrogens (tertiary/aromatic N) is 1. The third-order valence-corrected chi connectivity index (χ3v) is 3.64. The second-order valence-corrected chi connectivity index (χ2v) is 5.13. The molecule has 102 valence electrons. The van der Waals surface area contributed by atoms with E-state index in [4.69, 9.17) is 11.6 Å². The fourth-order valence-corrected chi connectivity index (χ4v) is 2.32. The first kappa shape index (κ1) is 13.8. The molecule has 1 unspecified atom stereocenters. The molecule has 1 aromatic carbocycles. The Kier molecular flexibility index (Phi) is 3.49. The summed E-state index contributed by atoms with van der Waals surface area (Å²) in [5, 5.41) is 2.79. The van der Waals surface area contributed by atoms with Crippen LogP contribution >= 0.6 is 11.6 Å². The van der Waals surface area contributed by atoms with Crippen LogP contribution in [0.4, 0.5) is 10.1 Å². The SMILES string of the molecule is CCC1(C)NC(=O)CN(c2ccc(F)cc2Cl)C1=O. The van der Waals surface area contributed by atoms with Crippen molar-refractivity contribution in [3.05, 3.63) is 29.0 Å². The number of anilines is 1. The Labute approximate surface area is 115 Å². The van der Waals surface area contributed by atoms with Gasteiger partial charge in [0.25, 0.3) is 5.91 Å². The van der Waals surface area contributed by atoms with Gasteiger partial charge in [-0.25, -0.2) is 4.39 Å². The molecule has 1 aliphatic rings. The van der Waals surface area contributed by atoms with Gasteiger partial charge in [0.15, 0.2) is 0 Å². The summed E-state index contributed by atoms with van der Waals surface area (Å²) in [6.07, 6.45) is 0.465. The molecule has 4 nitrogen and oxygen atoms in total. The van der Waals surface area contributed by atoms with Crippen LogP contribution in [-0.2, 0) is 9.59 Å². The Balaban J connectivity index is 2.43. The molecule has 1 heterocycles. The average molecular weight is 285 g/mol. The van der Waals surface area contributed by atoms with Gasteiger partial charge in [-0.15, -0.1) is 0 Å². The molecular weight excluding hydrogens is 271 g/mol. The van der Waals surface area contributed by atoms with Crippen LogP contribution in [0.3, 0.4) is 0 Å². The van der Waals surface area contributed by atoms with Crippen molar-refractivity contribution in [2.75, 3.05) is 11.4 Å². The predicted octanol–water partition coefficient (Wildman–Crippen LogP) is 2.11. The summed E-state index contributed by atoms with van der Waals surface area (Å²) in [5.41, 5.74) is -0.602. The van der Waals surface area contributed by atoms with E-state index in [0.29, 0.717) is 12.1 Å². The Morgan fingerprint density at radius 2 is 2.16 bits per heavy atom. The zero-order chi connectivity index (χ0) is 14.2. The van der Waals surface area contributed by atoms with Gasteiger partial charge in [0, 0.05) is 0 Å². The van der Waals surface area contributed by atoms with Gasteiger partial charge >= 0.3 is 0 Å². The van der Waals surface area contributed by atoms with Gasteiger partial charge in [0.1, 0.15) is 17.9 Å². The van der Waals surface area contributed by atoms with E-state index in [1.54, 1.807) is 6.92 Å². The zero-order valence-corrected chi connectivity index (χ0v) is 11.4. The van der Waals surface area contributed by atoms with Crippen LogP contribution in [0.15, 0.2) is 18.2 Å². The first-order chi connectivity index (χ1) is 8.87. The van der Waals surface area contributed by atoms with Crippen molar-refractivity contribution in [3.63, 3.8) is 0 Å². The lowest BCUT2D eigenvalue weighted by Gasteiger charge is -2.39. The van der Waals surface area contributed by atoms with Crippen LogP contribution in [0.2, 0.25) is 5.02 Å². The lowest BCUT2D eigenvalue weighted by Crippen LogP contribution is -2.65. The van der Waals surface area contributed by atoms with Gasteiger partial charge in [-0.3, -0.25) is 14.5 Å². The fraction of sp³-hybridized carbons (Fsp3) is 0.385. The molecule has 2 rings (SSSR count). The summed E-state index contributed by atoms with van der Waals surface area (Å²) in [5.74, 6) is -0.992. The highest BCUT2D eigenvalue weighted by molar-refractivity contribution is 6.34. The normalized spacial score (nSPS) is 23.5. The van der Waals surface area contributed by atoms with E-state index in [1.165, 1.54) is 17.0 Å². The van der Waals surface area contributed by atoms with E-state index in [0.717, 1.165) is 6.07 Å². The van der Waals surface area contributed by atoms with Gasteiger partial charge in [-0.2, -0.15) is 0 Å². The van der Waals surface area contributed by atoms with Crippen molar-refractivity contribution >= 4 is 29.1 Å². The van der Waals surface area contributed by atoms with E-state index >= 15 is 0 Å². The van der Waals surface area contributed by atoms with Crippen molar-refractivity contribution in [3.8, 4) is 0 Å². The maximum Gasteiger partial charge on any atom is 0.252 e. The van der Waals surface area contributed by atoms with Gasteiger partial charge in [-0.1, -0.05) is 18.5 Å². The number of halogens is 2. The maximum absolute atomic E-state index is 13.0. The number of hydrogen-bond acceptors (Lipinski definition) is 2. The molecule has 1 N–H and O–H groups in total. The molecule has 1 aromatic rings. The molecule has 1 fully saturated rings.